The van der Waals surface area contributed by atoms with Gasteiger partial charge in [0, 0.05) is 55.0 Å². The first-order valence-corrected chi connectivity index (χ1v) is 10.7. The molecule has 3 aromatic rings. The summed E-state index contributed by atoms with van der Waals surface area (Å²) >= 11 is 0. The predicted molar refractivity (Wildman–Crippen MR) is 138 cm³/mol. The molecule has 0 spiro atoms. The van der Waals surface area contributed by atoms with Crippen molar-refractivity contribution in [2.45, 2.75) is 0 Å². The lowest BCUT2D eigenvalue weighted by Gasteiger charge is -2.31. The zero-order valence-corrected chi connectivity index (χ0v) is 19.0. The molecule has 1 amide bonds. The van der Waals surface area contributed by atoms with Crippen LogP contribution in [0.15, 0.2) is 24.4 Å². The van der Waals surface area contributed by atoms with Gasteiger partial charge in [-0.3, -0.25) is 14.7 Å². The highest BCUT2D eigenvalue weighted by Gasteiger charge is 2.17. The predicted octanol–water partition coefficient (Wildman–Crippen LogP) is -5.09. The highest BCUT2D eigenvalue weighted by molar-refractivity contribution is 6.59. The van der Waals surface area contributed by atoms with Gasteiger partial charge < -0.3 is 10.2 Å². The number of fused-ring (bicyclic) bond motifs is 1. The molecule has 31 heavy (non-hydrogen) atoms. The van der Waals surface area contributed by atoms with Crippen molar-refractivity contribution in [3.05, 3.63) is 24.4 Å². The summed E-state index contributed by atoms with van der Waals surface area (Å²) < 4.78 is 0. The third-order valence-electron chi connectivity index (χ3n) is 6.24. The molecule has 0 aromatic carbocycles. The maximum Gasteiger partial charge on any atom is 0.239 e. The lowest BCUT2D eigenvalue weighted by molar-refractivity contribution is -0.117. The largest absolute Gasteiger partial charge is 0.310 e. The molecule has 1 aliphatic heterocycles. The molecule has 1 aliphatic rings. The van der Waals surface area contributed by atoms with Crippen LogP contribution in [0.25, 0.3) is 22.2 Å². The van der Waals surface area contributed by atoms with Gasteiger partial charge in [0.05, 0.1) is 17.8 Å². The van der Waals surface area contributed by atoms with E-state index in [1.54, 1.807) is 6.20 Å². The minimum Gasteiger partial charge on any atom is -0.310 e. The number of carbonyl (C=O) groups is 1. The molecule has 0 aliphatic carbocycles. The van der Waals surface area contributed by atoms with Gasteiger partial charge in [-0.15, -0.1) is 0 Å². The molecular weight excluding hydrogens is 384 g/mol. The Kier molecular flexibility index (Phi) is 6.16. The van der Waals surface area contributed by atoms with Crippen LogP contribution in [0, 0.1) is 0 Å². The van der Waals surface area contributed by atoms with Gasteiger partial charge in [0.2, 0.25) is 5.91 Å². The Morgan fingerprint density at radius 1 is 1.03 bits per heavy atom. The van der Waals surface area contributed by atoms with Gasteiger partial charge in [-0.25, -0.2) is 9.97 Å². The number of pyridine rings is 3. The first-order valence-electron chi connectivity index (χ1n) is 10.7. The minimum atomic E-state index is -0.0439. The highest BCUT2D eigenvalue weighted by Crippen LogP contribution is 2.19. The Hall–Kier alpha value is -2.64. The number of hydrogen-bond donors (Lipinski definition) is 1. The second-order valence-electron chi connectivity index (χ2n) is 8.49. The van der Waals surface area contributed by atoms with Gasteiger partial charge in [0.1, 0.15) is 21.5 Å². The molecule has 0 unspecified atom stereocenters. The van der Waals surface area contributed by atoms with E-state index >= 15 is 0 Å². The standard InChI is InChI=1S/C20H26B4N6O/c1-29-4-6-30(7-5-29)10-15(31)27-14-8-13-11(9-25-14)2-3-12(26-13)16-17(21)18(22)20(24)28-19(16)23/h2-3,8-9H,4-7,10,21-24H2,1H3,(H,25,27,31). The normalized spacial score (nSPS) is 15.3. The summed E-state index contributed by atoms with van der Waals surface area (Å²) in [6.07, 6.45) is 1.76. The molecule has 0 bridgehead atoms. The zero-order valence-electron chi connectivity index (χ0n) is 19.0. The van der Waals surface area contributed by atoms with E-state index in [0.717, 1.165) is 59.5 Å². The summed E-state index contributed by atoms with van der Waals surface area (Å²) in [5.41, 5.74) is 7.18. The average Bonchev–Trinajstić information content (AvgIpc) is 2.73. The van der Waals surface area contributed by atoms with E-state index < -0.39 is 0 Å². The van der Waals surface area contributed by atoms with E-state index in [1.807, 2.05) is 33.9 Å². The summed E-state index contributed by atoms with van der Waals surface area (Å²) in [5.74, 6) is 0.487. The number of likely N-dealkylation sites (N-methyl/N-ethyl adjacent to an activating group) is 1. The van der Waals surface area contributed by atoms with Crippen LogP contribution in [-0.2, 0) is 4.79 Å². The number of anilines is 1. The van der Waals surface area contributed by atoms with Crippen molar-refractivity contribution < 1.29 is 4.79 Å². The van der Waals surface area contributed by atoms with E-state index in [1.165, 1.54) is 10.9 Å². The van der Waals surface area contributed by atoms with E-state index in [9.17, 15) is 4.79 Å². The molecule has 154 valence electrons. The molecule has 1 fully saturated rings. The number of rotatable bonds is 4. The molecular formula is C20H26B4N6O. The number of nitrogens with one attached hydrogen (secondary N) is 1. The number of amides is 1. The Labute approximate surface area is 186 Å². The van der Waals surface area contributed by atoms with Crippen molar-refractivity contribution in [3.8, 4) is 11.3 Å². The quantitative estimate of drug-likeness (QED) is 0.435. The van der Waals surface area contributed by atoms with Gasteiger partial charge >= 0.3 is 0 Å². The van der Waals surface area contributed by atoms with Crippen molar-refractivity contribution in [3.63, 3.8) is 0 Å². The van der Waals surface area contributed by atoms with E-state index in [0.29, 0.717) is 12.4 Å². The Balaban J connectivity index is 1.57. The molecule has 4 heterocycles. The van der Waals surface area contributed by atoms with Gasteiger partial charge in [0.15, 0.2) is 15.7 Å². The van der Waals surface area contributed by atoms with Gasteiger partial charge in [-0.1, -0.05) is 10.9 Å². The maximum absolute atomic E-state index is 12.5. The lowest BCUT2D eigenvalue weighted by Crippen LogP contribution is -2.47. The minimum absolute atomic E-state index is 0.0439. The Bertz CT molecular complexity index is 1150. The van der Waals surface area contributed by atoms with Crippen LogP contribution in [-0.4, -0.2) is 102 Å². The molecule has 11 heteroatoms. The first kappa shape index (κ1) is 21.6. The zero-order chi connectivity index (χ0) is 22.1. The SMILES string of the molecule is Bc1nc(B)c(-c2ccc3cnc(NC(=O)CN4CCN(C)CC4)cc3n2)c(B)c1B. The van der Waals surface area contributed by atoms with E-state index in [-0.39, 0.29) is 5.91 Å². The molecule has 1 N–H and O–H groups in total. The van der Waals surface area contributed by atoms with Crippen LogP contribution in [0.4, 0.5) is 5.82 Å². The highest BCUT2D eigenvalue weighted by atomic mass is 16.2. The number of nitrogens with zero attached hydrogens (tertiary/aromatic N) is 5. The second kappa shape index (κ2) is 8.85. The Morgan fingerprint density at radius 2 is 1.77 bits per heavy atom. The van der Waals surface area contributed by atoms with E-state index in [4.69, 9.17) is 9.97 Å². The van der Waals surface area contributed by atoms with Crippen LogP contribution in [0.3, 0.4) is 0 Å². The van der Waals surface area contributed by atoms with Crippen LogP contribution < -0.4 is 27.4 Å². The second-order valence-corrected chi connectivity index (χ2v) is 8.49. The molecule has 1 saturated heterocycles. The van der Waals surface area contributed by atoms with Crippen molar-refractivity contribution in [1.82, 2.24) is 24.8 Å². The monoisotopic (exact) mass is 410 g/mol. The van der Waals surface area contributed by atoms with Crippen molar-refractivity contribution in [2.75, 3.05) is 45.1 Å². The molecule has 3 aromatic heterocycles. The fourth-order valence-electron chi connectivity index (χ4n) is 4.11. The smallest absolute Gasteiger partial charge is 0.239 e. The van der Waals surface area contributed by atoms with Gasteiger partial charge in [0.25, 0.3) is 0 Å². The molecule has 0 atom stereocenters. The summed E-state index contributed by atoms with van der Waals surface area (Å²) in [6.45, 7) is 4.17. The van der Waals surface area contributed by atoms with Crippen molar-refractivity contribution in [2.24, 2.45) is 0 Å². The molecule has 4 rings (SSSR count). The van der Waals surface area contributed by atoms with Crippen LogP contribution >= 0.6 is 0 Å². The summed E-state index contributed by atoms with van der Waals surface area (Å²) in [5, 5.41) is 3.87. The molecule has 0 saturated carbocycles. The van der Waals surface area contributed by atoms with Crippen LogP contribution in [0.1, 0.15) is 0 Å². The van der Waals surface area contributed by atoms with Gasteiger partial charge in [-0.2, -0.15) is 0 Å². The summed E-state index contributed by atoms with van der Waals surface area (Å²) in [6, 6.07) is 5.88. The first-order chi connectivity index (χ1) is 14.8. The topological polar surface area (TPSA) is 74.2 Å². The third-order valence-corrected chi connectivity index (χ3v) is 6.24. The van der Waals surface area contributed by atoms with Crippen LogP contribution in [0.2, 0.25) is 0 Å². The molecule has 7 nitrogen and oxygen atoms in total. The van der Waals surface area contributed by atoms with E-state index in [2.05, 4.69) is 42.8 Å². The van der Waals surface area contributed by atoms with Crippen molar-refractivity contribution in [1.29, 1.82) is 0 Å². The number of piperazine rings is 1. The van der Waals surface area contributed by atoms with Crippen molar-refractivity contribution >= 4 is 76.1 Å². The maximum atomic E-state index is 12.5. The third kappa shape index (κ3) is 4.67. The summed E-state index contributed by atoms with van der Waals surface area (Å²) in [4.78, 5) is 30.9. The Morgan fingerprint density at radius 3 is 2.52 bits per heavy atom. The fraction of sp³-hybridized carbons (Fsp3) is 0.300. The molecule has 0 radical (unpaired) electrons. The number of aromatic nitrogens is 3. The summed E-state index contributed by atoms with van der Waals surface area (Å²) in [7, 11) is 10.4. The lowest BCUT2D eigenvalue weighted by atomic mass is 9.70. The number of carbonyl (C=O) groups excluding carboxylic acids is 1. The van der Waals surface area contributed by atoms with Gasteiger partial charge in [-0.05, 0) is 24.8 Å². The van der Waals surface area contributed by atoms with Crippen LogP contribution in [0.5, 0.6) is 0 Å². The average molecular weight is 410 g/mol. The fourth-order valence-corrected chi connectivity index (χ4v) is 4.11. The number of hydrogen-bond acceptors (Lipinski definition) is 6.